The summed E-state index contributed by atoms with van der Waals surface area (Å²) >= 11 is 2.50. The summed E-state index contributed by atoms with van der Waals surface area (Å²) in [5.74, 6) is 0.345. The molecule has 4 aromatic carbocycles. The number of likely N-dealkylation sites (N-methyl/N-ethyl adjacent to an activating group) is 1. The number of hydrogen-bond acceptors (Lipinski definition) is 8. The van der Waals surface area contributed by atoms with Crippen LogP contribution in [-0.4, -0.2) is 40.5 Å². The molecule has 0 saturated carbocycles. The zero-order valence-electron chi connectivity index (χ0n) is 27.2. The minimum Gasteiger partial charge on any atom is -0.496 e. The maximum Gasteiger partial charge on any atom is 0.283 e. The Morgan fingerprint density at radius 2 is 1.79 bits per heavy atom. The van der Waals surface area contributed by atoms with Gasteiger partial charge in [0, 0.05) is 29.6 Å². The van der Waals surface area contributed by atoms with Crippen molar-refractivity contribution in [2.75, 3.05) is 20.2 Å². The largest absolute Gasteiger partial charge is 0.496 e. The zero-order valence-corrected chi connectivity index (χ0v) is 28.9. The van der Waals surface area contributed by atoms with E-state index >= 15 is 0 Å². The Kier molecular flexibility index (Phi) is 9.34. The predicted octanol–water partition coefficient (Wildman–Crippen LogP) is 6.63. The van der Waals surface area contributed by atoms with Gasteiger partial charge in [0.25, 0.3) is 17.2 Å². The van der Waals surface area contributed by atoms with Gasteiger partial charge in [0.15, 0.2) is 4.80 Å². The van der Waals surface area contributed by atoms with Crippen molar-refractivity contribution in [2.45, 2.75) is 43.5 Å². The molecule has 6 rings (SSSR count). The predicted molar refractivity (Wildman–Crippen MR) is 191 cm³/mol. The number of nitro benzene ring substituents is 1. The molecule has 48 heavy (non-hydrogen) atoms. The fourth-order valence-corrected chi connectivity index (χ4v) is 7.97. The average Bonchev–Trinajstić information content (AvgIpc) is 3.39. The first kappa shape index (κ1) is 32.9. The molecule has 0 unspecified atom stereocenters. The summed E-state index contributed by atoms with van der Waals surface area (Å²) in [6.45, 7) is 8.61. The fourth-order valence-electron chi connectivity index (χ4n) is 6.02. The Hall–Kier alpha value is -5.00. The van der Waals surface area contributed by atoms with Gasteiger partial charge in [-0.3, -0.25) is 24.3 Å². The molecule has 11 heteroatoms. The van der Waals surface area contributed by atoms with Crippen LogP contribution in [-0.2, 0) is 4.79 Å². The summed E-state index contributed by atoms with van der Waals surface area (Å²) in [4.78, 5) is 48.7. The molecule has 0 fully saturated rings. The zero-order chi connectivity index (χ0) is 34.1. The molecule has 9 nitrogen and oxygen atoms in total. The summed E-state index contributed by atoms with van der Waals surface area (Å²) in [5, 5.41) is 13.9. The number of carbonyl (C=O) groups excluding carboxylic acids is 1. The van der Waals surface area contributed by atoms with Gasteiger partial charge >= 0.3 is 0 Å². The number of hydrogen-bond donors (Lipinski definition) is 0. The van der Waals surface area contributed by atoms with Gasteiger partial charge in [0.1, 0.15) is 11.8 Å². The minimum atomic E-state index is -0.819. The molecular weight excluding hydrogens is 645 g/mol. The number of ether oxygens (including phenoxy) is 1. The van der Waals surface area contributed by atoms with E-state index in [4.69, 9.17) is 9.73 Å². The Bertz CT molecular complexity index is 2290. The molecule has 1 aliphatic rings. The van der Waals surface area contributed by atoms with Crippen molar-refractivity contribution in [1.29, 1.82) is 0 Å². The number of benzene rings is 4. The normalized spacial score (nSPS) is 14.5. The first-order valence-electron chi connectivity index (χ1n) is 15.6. The quantitative estimate of drug-likeness (QED) is 0.128. The van der Waals surface area contributed by atoms with E-state index in [1.54, 1.807) is 41.7 Å². The van der Waals surface area contributed by atoms with Crippen molar-refractivity contribution >= 4 is 51.5 Å². The van der Waals surface area contributed by atoms with E-state index < -0.39 is 11.0 Å². The SMILES string of the molecule is CCN(CC)C(=O)C1=C(C)N=c2s/c(=C\c3ccc(Sc4ccc(C)cc4)c([N+](=O)[O-])c3)c(=O)n2[C@@H]1c1c(OC)ccc2ccccc12. The lowest BCUT2D eigenvalue weighted by Gasteiger charge is -2.30. The Morgan fingerprint density at radius 1 is 1.06 bits per heavy atom. The molecule has 1 atom stereocenters. The second kappa shape index (κ2) is 13.6. The second-order valence-corrected chi connectivity index (χ2v) is 13.5. The summed E-state index contributed by atoms with van der Waals surface area (Å²) < 4.78 is 7.78. The average molecular weight is 679 g/mol. The molecule has 0 N–H and O–H groups in total. The molecule has 244 valence electrons. The van der Waals surface area contributed by atoms with Crippen LogP contribution in [0.25, 0.3) is 16.8 Å². The molecular formula is C37H34N4O5S2. The number of rotatable bonds is 9. The highest BCUT2D eigenvalue weighted by Crippen LogP contribution is 2.41. The van der Waals surface area contributed by atoms with Crippen LogP contribution in [0.5, 0.6) is 5.75 Å². The number of allylic oxidation sites excluding steroid dienone is 1. The van der Waals surface area contributed by atoms with Gasteiger partial charge in [-0.05, 0) is 74.4 Å². The van der Waals surface area contributed by atoms with Gasteiger partial charge in [0.2, 0.25) is 0 Å². The third-order valence-electron chi connectivity index (χ3n) is 8.45. The number of aryl methyl sites for hydroxylation is 1. The molecule has 5 aromatic rings. The van der Waals surface area contributed by atoms with Crippen molar-refractivity contribution < 1.29 is 14.5 Å². The standard InChI is InChI=1S/C37H34N4O5S2/c1-6-39(7-2)36(43)32-23(4)38-37-40(34(32)33-27-11-9-8-10-25(27)15-18-29(33)46-5)35(42)31(48-37)21-24-14-19-30(28(20-24)41(44)45)47-26-16-12-22(3)13-17-26/h8-21,34H,6-7H2,1-5H3/b31-21-/t34-/m0/s1. The van der Waals surface area contributed by atoms with Crippen LogP contribution >= 0.6 is 23.1 Å². The van der Waals surface area contributed by atoms with Crippen LogP contribution in [0.3, 0.4) is 0 Å². The molecule has 0 radical (unpaired) electrons. The lowest BCUT2D eigenvalue weighted by molar-refractivity contribution is -0.387. The first-order valence-corrected chi connectivity index (χ1v) is 17.2. The van der Waals surface area contributed by atoms with E-state index in [2.05, 4.69) is 0 Å². The molecule has 1 aromatic heterocycles. The van der Waals surface area contributed by atoms with Crippen molar-refractivity contribution in [3.8, 4) is 5.75 Å². The number of thiazole rings is 1. The van der Waals surface area contributed by atoms with E-state index in [0.717, 1.165) is 21.2 Å². The highest BCUT2D eigenvalue weighted by Gasteiger charge is 2.36. The van der Waals surface area contributed by atoms with E-state index in [9.17, 15) is 19.7 Å². The summed E-state index contributed by atoms with van der Waals surface area (Å²) in [6, 6.07) is 23.6. The number of nitro groups is 1. The fraction of sp³-hybridized carbons (Fsp3) is 0.216. The number of nitrogens with zero attached hydrogens (tertiary/aromatic N) is 4. The number of carbonyl (C=O) groups is 1. The van der Waals surface area contributed by atoms with Crippen molar-refractivity contribution in [3.63, 3.8) is 0 Å². The highest BCUT2D eigenvalue weighted by molar-refractivity contribution is 7.99. The van der Waals surface area contributed by atoms with Crippen LogP contribution < -0.4 is 19.6 Å². The first-order chi connectivity index (χ1) is 23.1. The molecule has 0 spiro atoms. The van der Waals surface area contributed by atoms with Gasteiger partial charge in [-0.25, -0.2) is 4.99 Å². The van der Waals surface area contributed by atoms with Gasteiger partial charge in [-0.1, -0.05) is 77.2 Å². The van der Waals surface area contributed by atoms with Gasteiger partial charge in [0.05, 0.1) is 32.7 Å². The number of fused-ring (bicyclic) bond motifs is 2. The third-order valence-corrected chi connectivity index (χ3v) is 10.5. The Labute approximate surface area is 285 Å². The van der Waals surface area contributed by atoms with Crippen LogP contribution in [0.4, 0.5) is 5.69 Å². The van der Waals surface area contributed by atoms with E-state index in [1.165, 1.54) is 29.2 Å². The van der Waals surface area contributed by atoms with Crippen LogP contribution in [0.15, 0.2) is 110 Å². The topological polar surface area (TPSA) is 107 Å². The van der Waals surface area contributed by atoms with Crippen molar-refractivity contribution in [3.05, 3.63) is 137 Å². The maximum atomic E-state index is 14.4. The lowest BCUT2D eigenvalue weighted by atomic mass is 9.90. The monoisotopic (exact) mass is 678 g/mol. The number of methoxy groups -OCH3 is 1. The molecule has 1 aliphatic heterocycles. The number of aromatic nitrogens is 1. The van der Waals surface area contributed by atoms with E-state index in [-0.39, 0.29) is 17.2 Å². The number of amides is 1. The van der Waals surface area contributed by atoms with Crippen LogP contribution in [0.2, 0.25) is 0 Å². The minimum absolute atomic E-state index is 0.0524. The smallest absolute Gasteiger partial charge is 0.283 e. The molecule has 0 saturated heterocycles. The molecule has 2 heterocycles. The lowest BCUT2D eigenvalue weighted by Crippen LogP contribution is -2.43. The molecule has 0 aliphatic carbocycles. The third kappa shape index (κ3) is 6.07. The Balaban J connectivity index is 1.55. The van der Waals surface area contributed by atoms with Crippen molar-refractivity contribution in [2.24, 2.45) is 4.99 Å². The second-order valence-electron chi connectivity index (χ2n) is 11.4. The van der Waals surface area contributed by atoms with Crippen molar-refractivity contribution in [1.82, 2.24) is 9.47 Å². The van der Waals surface area contributed by atoms with Gasteiger partial charge < -0.3 is 9.64 Å². The summed E-state index contributed by atoms with van der Waals surface area (Å²) in [6.07, 6.45) is 1.65. The van der Waals surface area contributed by atoms with Crippen LogP contribution in [0, 0.1) is 17.0 Å². The van der Waals surface area contributed by atoms with E-state index in [0.29, 0.717) is 55.5 Å². The highest BCUT2D eigenvalue weighted by atomic mass is 32.2. The van der Waals surface area contributed by atoms with Gasteiger partial charge in [-0.15, -0.1) is 0 Å². The van der Waals surface area contributed by atoms with Gasteiger partial charge in [-0.2, -0.15) is 0 Å². The molecule has 0 bridgehead atoms. The van der Waals surface area contributed by atoms with Crippen LogP contribution in [0.1, 0.15) is 43.5 Å². The molecule has 1 amide bonds. The summed E-state index contributed by atoms with van der Waals surface area (Å²) in [7, 11) is 1.58. The Morgan fingerprint density at radius 3 is 2.48 bits per heavy atom. The van der Waals surface area contributed by atoms with E-state index in [1.807, 2.05) is 81.4 Å². The maximum absolute atomic E-state index is 14.4. The summed E-state index contributed by atoms with van der Waals surface area (Å²) in [5.41, 5.74) is 2.83.